The van der Waals surface area contributed by atoms with E-state index in [1.165, 1.54) is 11.1 Å². The van der Waals surface area contributed by atoms with Crippen LogP contribution in [0.2, 0.25) is 0 Å². The summed E-state index contributed by atoms with van der Waals surface area (Å²) in [5, 5.41) is 13.4. The maximum atomic E-state index is 10.9. The lowest BCUT2D eigenvalue weighted by Crippen LogP contribution is -2.32. The van der Waals surface area contributed by atoms with E-state index in [1.54, 1.807) is 4.68 Å². The highest BCUT2D eigenvalue weighted by Crippen LogP contribution is 2.25. The quantitative estimate of drug-likeness (QED) is 0.887. The lowest BCUT2D eigenvalue weighted by Gasteiger charge is -2.08. The van der Waals surface area contributed by atoms with Gasteiger partial charge in [0.2, 0.25) is 0 Å². The van der Waals surface area contributed by atoms with Gasteiger partial charge in [0.1, 0.15) is 6.04 Å². The molecule has 0 saturated heterocycles. The summed E-state index contributed by atoms with van der Waals surface area (Å²) in [7, 11) is 1.82. The number of carbonyl (C=O) groups is 1. The minimum atomic E-state index is -1.00. The van der Waals surface area contributed by atoms with Crippen LogP contribution in [0.3, 0.4) is 0 Å². The average molecular weight is 273 g/mol. The van der Waals surface area contributed by atoms with Crippen LogP contribution in [0.4, 0.5) is 0 Å². The molecule has 1 aromatic heterocycles. The number of hydrogen-bond donors (Lipinski definition) is 2. The van der Waals surface area contributed by atoms with E-state index in [0.29, 0.717) is 0 Å². The molecular formula is C15H19N3O2. The largest absolute Gasteiger partial charge is 0.480 e. The summed E-state index contributed by atoms with van der Waals surface area (Å²) in [6.07, 6.45) is 2.10. The van der Waals surface area contributed by atoms with Gasteiger partial charge in [0, 0.05) is 30.8 Å². The van der Waals surface area contributed by atoms with Crippen LogP contribution in [0, 0.1) is 13.8 Å². The first-order valence-corrected chi connectivity index (χ1v) is 6.47. The number of rotatable bonds is 4. The lowest BCUT2D eigenvalue weighted by atomic mass is 9.99. The minimum absolute atomic E-state index is 0.269. The maximum Gasteiger partial charge on any atom is 0.320 e. The highest BCUT2D eigenvalue weighted by molar-refractivity contribution is 5.74. The molecule has 0 amide bonds. The van der Waals surface area contributed by atoms with Gasteiger partial charge >= 0.3 is 5.97 Å². The molecule has 0 fully saturated rings. The summed E-state index contributed by atoms with van der Waals surface area (Å²) < 4.78 is 1.69. The Balaban J connectivity index is 2.41. The van der Waals surface area contributed by atoms with Crippen LogP contribution in [0.1, 0.15) is 16.7 Å². The Morgan fingerprint density at radius 1 is 1.40 bits per heavy atom. The first-order valence-electron chi connectivity index (χ1n) is 6.47. The molecule has 0 radical (unpaired) electrons. The maximum absolute atomic E-state index is 10.9. The Bertz CT molecular complexity index is 647. The summed E-state index contributed by atoms with van der Waals surface area (Å²) in [6.45, 7) is 4.10. The van der Waals surface area contributed by atoms with Crippen molar-refractivity contribution >= 4 is 5.97 Å². The second-order valence-corrected chi connectivity index (χ2v) is 5.12. The van der Waals surface area contributed by atoms with Gasteiger partial charge in [-0.15, -0.1) is 0 Å². The molecule has 0 spiro atoms. The Morgan fingerprint density at radius 2 is 2.10 bits per heavy atom. The number of hydrogen-bond acceptors (Lipinski definition) is 3. The molecule has 0 aliphatic rings. The smallest absolute Gasteiger partial charge is 0.320 e. The zero-order chi connectivity index (χ0) is 14.9. The van der Waals surface area contributed by atoms with E-state index >= 15 is 0 Å². The van der Waals surface area contributed by atoms with Gasteiger partial charge in [-0.25, -0.2) is 0 Å². The number of nitrogens with zero attached hydrogens (tertiary/aromatic N) is 2. The Labute approximate surface area is 118 Å². The fourth-order valence-electron chi connectivity index (χ4n) is 2.14. The number of aliphatic carboxylic acids is 1. The van der Waals surface area contributed by atoms with Crippen LogP contribution < -0.4 is 5.73 Å². The van der Waals surface area contributed by atoms with E-state index in [2.05, 4.69) is 18.1 Å². The van der Waals surface area contributed by atoms with Crippen molar-refractivity contribution in [2.24, 2.45) is 12.8 Å². The molecule has 0 aliphatic heterocycles. The summed E-state index contributed by atoms with van der Waals surface area (Å²) in [6, 6.07) is 5.19. The van der Waals surface area contributed by atoms with Crippen molar-refractivity contribution in [1.82, 2.24) is 9.78 Å². The zero-order valence-electron chi connectivity index (χ0n) is 11.9. The van der Waals surface area contributed by atoms with E-state index in [0.717, 1.165) is 16.8 Å². The van der Waals surface area contributed by atoms with Crippen LogP contribution >= 0.6 is 0 Å². The normalized spacial score (nSPS) is 12.4. The topological polar surface area (TPSA) is 81.1 Å². The van der Waals surface area contributed by atoms with Crippen molar-refractivity contribution in [2.45, 2.75) is 26.3 Å². The first-order chi connectivity index (χ1) is 9.38. The third-order valence-electron chi connectivity index (χ3n) is 3.44. The Kier molecular flexibility index (Phi) is 3.90. The van der Waals surface area contributed by atoms with Gasteiger partial charge in [0.25, 0.3) is 0 Å². The van der Waals surface area contributed by atoms with Gasteiger partial charge < -0.3 is 10.8 Å². The van der Waals surface area contributed by atoms with Crippen molar-refractivity contribution in [3.05, 3.63) is 41.1 Å². The number of benzene rings is 1. The second-order valence-electron chi connectivity index (χ2n) is 5.12. The molecule has 20 heavy (non-hydrogen) atoms. The van der Waals surface area contributed by atoms with E-state index in [4.69, 9.17) is 10.8 Å². The van der Waals surface area contributed by atoms with Crippen molar-refractivity contribution in [1.29, 1.82) is 0 Å². The SMILES string of the molecule is Cc1ccc(-c2nn(C)cc2CC(N)C(=O)O)cc1C. The molecule has 106 valence electrons. The molecule has 1 atom stereocenters. The van der Waals surface area contributed by atoms with Crippen molar-refractivity contribution in [3.8, 4) is 11.3 Å². The molecule has 0 saturated carbocycles. The van der Waals surface area contributed by atoms with Crippen LogP contribution in [0.25, 0.3) is 11.3 Å². The molecule has 0 bridgehead atoms. The van der Waals surface area contributed by atoms with E-state index in [-0.39, 0.29) is 6.42 Å². The van der Waals surface area contributed by atoms with Gasteiger partial charge in [-0.05, 0) is 31.0 Å². The van der Waals surface area contributed by atoms with Crippen LogP contribution in [0.5, 0.6) is 0 Å². The Hall–Kier alpha value is -2.14. The standard InChI is InChI=1S/C15H19N3O2/c1-9-4-5-11(6-10(9)2)14-12(8-18(3)17-14)7-13(16)15(19)20/h4-6,8,13H,7,16H2,1-3H3,(H,19,20). The number of carboxylic acid groups (broad SMARTS) is 1. The molecular weight excluding hydrogens is 254 g/mol. The van der Waals surface area contributed by atoms with Gasteiger partial charge in [0.05, 0.1) is 5.69 Å². The minimum Gasteiger partial charge on any atom is -0.480 e. The monoisotopic (exact) mass is 273 g/mol. The highest BCUT2D eigenvalue weighted by Gasteiger charge is 2.18. The van der Waals surface area contributed by atoms with Crippen molar-refractivity contribution in [2.75, 3.05) is 0 Å². The lowest BCUT2D eigenvalue weighted by molar-refractivity contribution is -0.138. The van der Waals surface area contributed by atoms with Crippen molar-refractivity contribution in [3.63, 3.8) is 0 Å². The van der Waals surface area contributed by atoms with Gasteiger partial charge in [0.15, 0.2) is 0 Å². The van der Waals surface area contributed by atoms with Gasteiger partial charge in [-0.1, -0.05) is 12.1 Å². The van der Waals surface area contributed by atoms with E-state index < -0.39 is 12.0 Å². The second kappa shape index (κ2) is 5.46. The molecule has 1 heterocycles. The van der Waals surface area contributed by atoms with E-state index in [9.17, 15) is 4.79 Å². The molecule has 5 heteroatoms. The summed E-state index contributed by atoms with van der Waals surface area (Å²) in [5.41, 5.74) is 10.7. The fourth-order valence-corrected chi connectivity index (χ4v) is 2.14. The predicted octanol–water partition coefficient (Wildman–Crippen LogP) is 1.66. The molecule has 5 nitrogen and oxygen atoms in total. The predicted molar refractivity (Wildman–Crippen MR) is 77.4 cm³/mol. The number of aryl methyl sites for hydroxylation is 3. The van der Waals surface area contributed by atoms with Crippen LogP contribution in [0.15, 0.2) is 24.4 Å². The third-order valence-corrected chi connectivity index (χ3v) is 3.44. The average Bonchev–Trinajstić information content (AvgIpc) is 2.73. The number of aromatic nitrogens is 2. The van der Waals surface area contributed by atoms with E-state index in [1.807, 2.05) is 32.3 Å². The molecule has 1 aromatic carbocycles. The molecule has 0 aliphatic carbocycles. The molecule has 2 rings (SSSR count). The van der Waals surface area contributed by atoms with Crippen molar-refractivity contribution < 1.29 is 9.90 Å². The fraction of sp³-hybridized carbons (Fsp3) is 0.333. The third kappa shape index (κ3) is 2.88. The highest BCUT2D eigenvalue weighted by atomic mass is 16.4. The molecule has 2 aromatic rings. The number of nitrogens with two attached hydrogens (primary N) is 1. The van der Waals surface area contributed by atoms with Gasteiger partial charge in [-0.2, -0.15) is 5.10 Å². The first kappa shape index (κ1) is 14.3. The number of carboxylic acids is 1. The van der Waals surface area contributed by atoms with Gasteiger partial charge in [-0.3, -0.25) is 9.48 Å². The molecule has 1 unspecified atom stereocenters. The van der Waals surface area contributed by atoms with Crippen LogP contribution in [-0.2, 0) is 18.3 Å². The Morgan fingerprint density at radius 3 is 2.70 bits per heavy atom. The van der Waals surface area contributed by atoms with Crippen LogP contribution in [-0.4, -0.2) is 26.9 Å². The summed E-state index contributed by atoms with van der Waals surface area (Å²) >= 11 is 0. The summed E-state index contributed by atoms with van der Waals surface area (Å²) in [4.78, 5) is 10.9. The molecule has 3 N–H and O–H groups in total. The summed E-state index contributed by atoms with van der Waals surface area (Å²) in [5.74, 6) is -1.00. The zero-order valence-corrected chi connectivity index (χ0v) is 11.9.